The lowest BCUT2D eigenvalue weighted by molar-refractivity contribution is -0.119. The summed E-state index contributed by atoms with van der Waals surface area (Å²) in [5.74, 6) is -2.05. The van der Waals surface area contributed by atoms with Gasteiger partial charge in [-0.1, -0.05) is 54.1 Å². The molecular weight excluding hydrogens is 744 g/mol. The third-order valence-corrected chi connectivity index (χ3v) is 10.7. The summed E-state index contributed by atoms with van der Waals surface area (Å²) in [6.45, 7) is 10.0. The number of nitrogens with one attached hydrogen (secondary N) is 2. The maximum Gasteiger partial charge on any atom is 0.407 e. The second kappa shape index (κ2) is 19.3. The summed E-state index contributed by atoms with van der Waals surface area (Å²) in [4.78, 5) is 26.2. The van der Waals surface area contributed by atoms with E-state index in [1.54, 1.807) is 30.3 Å². The molecule has 6 rings (SSSR count). The number of amides is 1. The fourth-order valence-electron chi connectivity index (χ4n) is 6.50. The molecule has 0 aromatic heterocycles. The molecule has 0 bridgehead atoms. The molecule has 4 aromatic carbocycles. The Labute approximate surface area is 332 Å². The zero-order valence-corrected chi connectivity index (χ0v) is 33.8. The van der Waals surface area contributed by atoms with Gasteiger partial charge in [0.15, 0.2) is 0 Å². The van der Waals surface area contributed by atoms with E-state index in [4.69, 9.17) is 25.8 Å². The van der Waals surface area contributed by atoms with Crippen molar-refractivity contribution < 1.29 is 32.6 Å². The highest BCUT2D eigenvalue weighted by atomic mass is 35.5. The number of nitrogens with zero attached hydrogens (tertiary/aromatic N) is 1. The van der Waals surface area contributed by atoms with E-state index in [2.05, 4.69) is 22.0 Å². The molecule has 12 heteroatoms. The van der Waals surface area contributed by atoms with Gasteiger partial charge in [-0.25, -0.2) is 9.52 Å². The Balaban J connectivity index is 0.000000325. The van der Waals surface area contributed by atoms with Gasteiger partial charge in [0.05, 0.1) is 17.7 Å². The summed E-state index contributed by atoms with van der Waals surface area (Å²) < 4.78 is 50.3. The van der Waals surface area contributed by atoms with E-state index >= 15 is 8.78 Å². The van der Waals surface area contributed by atoms with Crippen molar-refractivity contribution in [3.8, 4) is 22.6 Å². The molecule has 1 saturated carbocycles. The molecule has 1 unspecified atom stereocenters. The summed E-state index contributed by atoms with van der Waals surface area (Å²) in [7, 11) is 2.10. The lowest BCUT2D eigenvalue weighted by Crippen LogP contribution is -2.45. The van der Waals surface area contributed by atoms with Gasteiger partial charge in [-0.15, -0.1) is 0 Å². The molecular formula is C43H52ClF2N3O5S. The van der Waals surface area contributed by atoms with E-state index in [1.165, 1.54) is 25.0 Å². The zero-order valence-electron chi connectivity index (χ0n) is 32.2. The van der Waals surface area contributed by atoms with Crippen molar-refractivity contribution in [2.24, 2.45) is 0 Å². The summed E-state index contributed by atoms with van der Waals surface area (Å²) in [5, 5.41) is 5.36. The Bertz CT molecular complexity index is 1880. The summed E-state index contributed by atoms with van der Waals surface area (Å²) in [5.41, 5.74) is 0.857. The number of alkyl halides is 2. The van der Waals surface area contributed by atoms with Gasteiger partial charge in [-0.3, -0.25) is 0 Å². The standard InChI is InChI=1S/C32H30ClF2NO3S.C11H22N2O2/c1-2-38-30-19-24(11-16-29(30)33)21-7-12-25(13-8-21)32(34,35)31(20-37)36-40-28-15-10-22-17-27(14-9-23(22)18-28)39-26-5-3-4-6-26;1-11(2,3)15-10(14)12-9-5-7-13(4)8-6-9/h7-20,26,31,36H,2-6H2,1H3;9H,5-8H2,1-4H3,(H,12,14). The van der Waals surface area contributed by atoms with Gasteiger partial charge in [0.1, 0.15) is 29.4 Å². The summed E-state index contributed by atoms with van der Waals surface area (Å²) in [6.07, 6.45) is 6.84. The molecule has 2 fully saturated rings. The van der Waals surface area contributed by atoms with E-state index in [9.17, 15) is 9.59 Å². The first-order valence-corrected chi connectivity index (χ1v) is 20.1. The van der Waals surface area contributed by atoms with Crippen molar-refractivity contribution in [3.63, 3.8) is 0 Å². The van der Waals surface area contributed by atoms with Gasteiger partial charge in [0.25, 0.3) is 5.92 Å². The highest BCUT2D eigenvalue weighted by molar-refractivity contribution is 7.97. The number of likely N-dealkylation sites (tertiary alicyclic amines) is 1. The third-order valence-electron chi connectivity index (χ3n) is 9.49. The SMILES string of the molecule is CCOc1cc(-c2ccc(C(F)(F)C(C=O)NSc3ccc4cc(OC5CCCC5)ccc4c3)cc2)ccc1Cl.CN1CCC(NC(=O)OC(C)(C)C)CC1. The number of alkyl carbamates (subject to hydrolysis) is 1. The molecule has 1 amide bonds. The Kier molecular flexibility index (Phi) is 14.8. The maximum absolute atomic E-state index is 15.4. The number of ether oxygens (including phenoxy) is 3. The van der Waals surface area contributed by atoms with E-state index in [-0.39, 0.29) is 30.1 Å². The fourth-order valence-corrected chi connectivity index (χ4v) is 7.46. The molecule has 1 aliphatic heterocycles. The second-order valence-corrected chi connectivity index (χ2v) is 16.3. The molecule has 55 heavy (non-hydrogen) atoms. The molecule has 1 saturated heterocycles. The van der Waals surface area contributed by atoms with Crippen LogP contribution in [-0.4, -0.2) is 67.8 Å². The fraction of sp³-hybridized carbons (Fsp3) is 0.442. The number of hydrogen-bond donors (Lipinski definition) is 2. The smallest absolute Gasteiger partial charge is 0.407 e. The number of piperidine rings is 1. The second-order valence-electron chi connectivity index (χ2n) is 15.0. The molecule has 1 heterocycles. The highest BCUT2D eigenvalue weighted by Gasteiger charge is 2.41. The van der Waals surface area contributed by atoms with Crippen LogP contribution in [0.15, 0.2) is 83.8 Å². The van der Waals surface area contributed by atoms with E-state index in [1.807, 2.05) is 64.1 Å². The number of fused-ring (bicyclic) bond motifs is 1. The molecule has 2 aliphatic rings. The molecule has 8 nitrogen and oxygen atoms in total. The van der Waals surface area contributed by atoms with Crippen LogP contribution in [-0.2, 0) is 15.5 Å². The van der Waals surface area contributed by atoms with Crippen LogP contribution >= 0.6 is 23.5 Å². The van der Waals surface area contributed by atoms with Gasteiger partial charge in [0, 0.05) is 16.5 Å². The predicted molar refractivity (Wildman–Crippen MR) is 218 cm³/mol. The van der Waals surface area contributed by atoms with Crippen LogP contribution in [0.25, 0.3) is 21.9 Å². The zero-order chi connectivity index (χ0) is 39.6. The third kappa shape index (κ3) is 12.3. The van der Waals surface area contributed by atoms with Crippen molar-refractivity contribution in [1.29, 1.82) is 0 Å². The number of carbonyl (C=O) groups excluding carboxylic acids is 2. The number of hydrogen-bond acceptors (Lipinski definition) is 8. The average Bonchev–Trinajstić information content (AvgIpc) is 3.66. The van der Waals surface area contributed by atoms with Gasteiger partial charge in [-0.2, -0.15) is 8.78 Å². The van der Waals surface area contributed by atoms with E-state index < -0.39 is 17.6 Å². The van der Waals surface area contributed by atoms with Crippen LogP contribution in [0.4, 0.5) is 13.6 Å². The number of carbonyl (C=O) groups is 2. The Morgan fingerprint density at radius 1 is 0.927 bits per heavy atom. The van der Waals surface area contributed by atoms with Gasteiger partial charge in [-0.05, 0) is 157 Å². The number of rotatable bonds is 12. The van der Waals surface area contributed by atoms with Crippen molar-refractivity contribution in [2.75, 3.05) is 26.7 Å². The highest BCUT2D eigenvalue weighted by Crippen LogP contribution is 2.36. The van der Waals surface area contributed by atoms with Crippen molar-refractivity contribution in [2.45, 2.75) is 101 Å². The van der Waals surface area contributed by atoms with Gasteiger partial charge < -0.3 is 29.2 Å². The Morgan fingerprint density at radius 3 is 2.24 bits per heavy atom. The molecule has 4 aromatic rings. The van der Waals surface area contributed by atoms with Crippen molar-refractivity contribution in [3.05, 3.63) is 89.4 Å². The lowest BCUT2D eigenvalue weighted by Gasteiger charge is -2.30. The normalized spacial score (nSPS) is 16.2. The first-order valence-electron chi connectivity index (χ1n) is 18.9. The molecule has 2 N–H and O–H groups in total. The summed E-state index contributed by atoms with van der Waals surface area (Å²) >= 11 is 7.17. The van der Waals surface area contributed by atoms with Crippen molar-refractivity contribution in [1.82, 2.24) is 14.9 Å². The summed E-state index contributed by atoms with van der Waals surface area (Å²) in [6, 6.07) is 21.3. The van der Waals surface area contributed by atoms with Crippen LogP contribution in [0.3, 0.4) is 0 Å². The molecule has 296 valence electrons. The molecule has 0 radical (unpaired) electrons. The molecule has 1 atom stereocenters. The van der Waals surface area contributed by atoms with Crippen LogP contribution in [0.5, 0.6) is 11.5 Å². The minimum Gasteiger partial charge on any atom is -0.492 e. The topological polar surface area (TPSA) is 89.1 Å². The van der Waals surface area contributed by atoms with Gasteiger partial charge in [0.2, 0.25) is 0 Å². The molecule has 0 spiro atoms. The largest absolute Gasteiger partial charge is 0.492 e. The first kappa shape index (κ1) is 42.2. The minimum absolute atomic E-state index is 0.252. The number of benzene rings is 4. The average molecular weight is 796 g/mol. The van der Waals surface area contributed by atoms with E-state index in [0.29, 0.717) is 17.4 Å². The van der Waals surface area contributed by atoms with E-state index in [0.717, 1.165) is 83.3 Å². The van der Waals surface area contributed by atoms with Crippen LogP contribution in [0.1, 0.15) is 71.8 Å². The Hall–Kier alpha value is -3.90. The molecule has 1 aliphatic carbocycles. The number of halogens is 3. The van der Waals surface area contributed by atoms with Crippen LogP contribution in [0.2, 0.25) is 5.02 Å². The van der Waals surface area contributed by atoms with Crippen LogP contribution < -0.4 is 19.5 Å². The maximum atomic E-state index is 15.4. The monoisotopic (exact) mass is 795 g/mol. The number of aldehydes is 1. The quantitative estimate of drug-likeness (QED) is 0.108. The van der Waals surface area contributed by atoms with Crippen molar-refractivity contribution >= 4 is 46.7 Å². The van der Waals surface area contributed by atoms with Gasteiger partial charge >= 0.3 is 6.09 Å². The minimum atomic E-state index is -3.42. The first-order chi connectivity index (χ1) is 26.2. The van der Waals surface area contributed by atoms with Crippen LogP contribution in [0, 0.1) is 0 Å². The Morgan fingerprint density at radius 2 is 1.58 bits per heavy atom. The predicted octanol–water partition coefficient (Wildman–Crippen LogP) is 10.4. The lowest BCUT2D eigenvalue weighted by atomic mass is 9.98.